The first-order chi connectivity index (χ1) is 17.2. The second-order valence-electron chi connectivity index (χ2n) is 7.64. The summed E-state index contributed by atoms with van der Waals surface area (Å²) in [5, 5.41) is 12.7. The lowest BCUT2D eigenvalue weighted by molar-refractivity contribution is -0.380. The molecule has 0 unspecified atom stereocenters. The van der Waals surface area contributed by atoms with Crippen molar-refractivity contribution >= 4 is 49.1 Å². The monoisotopic (exact) mass is 531 g/mol. The Morgan fingerprint density at radius 1 is 1.08 bits per heavy atom. The second-order valence-corrected chi connectivity index (χ2v) is 10.6. The average Bonchev–Trinajstić information content (AvgIpc) is 3.37. The lowest BCUT2D eigenvalue weighted by Gasteiger charge is -2.35. The van der Waals surface area contributed by atoms with Crippen LogP contribution in [0.5, 0.6) is 0 Å². The summed E-state index contributed by atoms with van der Waals surface area (Å²) in [6.45, 7) is 0.970. The number of amides is 1. The van der Waals surface area contributed by atoms with E-state index in [1.807, 2.05) is 30.3 Å². The zero-order valence-electron chi connectivity index (χ0n) is 18.8. The molecule has 1 aliphatic rings. The predicted octanol–water partition coefficient (Wildman–Crippen LogP) is 2.36. The van der Waals surface area contributed by atoms with Gasteiger partial charge in [0.1, 0.15) is 6.20 Å². The molecule has 1 fully saturated rings. The summed E-state index contributed by atoms with van der Waals surface area (Å²) in [6.07, 6.45) is 1.000. The van der Waals surface area contributed by atoms with Crippen LogP contribution in [0.3, 0.4) is 0 Å². The molecule has 1 aromatic heterocycles. The van der Waals surface area contributed by atoms with Crippen LogP contribution in [0.1, 0.15) is 10.4 Å². The van der Waals surface area contributed by atoms with Gasteiger partial charge in [0.05, 0.1) is 15.4 Å². The van der Waals surface area contributed by atoms with Crippen molar-refractivity contribution in [2.45, 2.75) is 4.90 Å². The number of piperazine rings is 1. The first-order valence-electron chi connectivity index (χ1n) is 10.7. The van der Waals surface area contributed by atoms with E-state index in [2.05, 4.69) is 15.2 Å². The number of hydrogen-bond donors (Lipinski definition) is 1. The SMILES string of the molecule is O=C(COC(=O)c1cccc(S(=O)(=O)N2CCN(c3ccccc3)CC2)c1)Nc1ncc([N+](=O)[O-])s1. The van der Waals surface area contributed by atoms with Gasteiger partial charge in [-0.05, 0) is 41.7 Å². The molecule has 2 heterocycles. The molecule has 36 heavy (non-hydrogen) atoms. The third kappa shape index (κ3) is 5.84. The molecule has 1 amide bonds. The van der Waals surface area contributed by atoms with Crippen LogP contribution < -0.4 is 10.2 Å². The number of anilines is 2. The normalized spacial score (nSPS) is 14.3. The molecule has 0 saturated carbocycles. The first-order valence-corrected chi connectivity index (χ1v) is 13.0. The van der Waals surface area contributed by atoms with Gasteiger partial charge in [-0.1, -0.05) is 24.3 Å². The number of nitro groups is 1. The summed E-state index contributed by atoms with van der Waals surface area (Å²) in [6, 6.07) is 15.1. The maximum Gasteiger partial charge on any atom is 0.345 e. The van der Waals surface area contributed by atoms with Crippen LogP contribution in [0.15, 0.2) is 65.7 Å². The Labute approximate surface area is 210 Å². The number of sulfonamides is 1. The summed E-state index contributed by atoms with van der Waals surface area (Å²) in [5.41, 5.74) is 0.994. The van der Waals surface area contributed by atoms with Crippen LogP contribution in [0, 0.1) is 10.1 Å². The van der Waals surface area contributed by atoms with Crippen LogP contribution in [-0.4, -0.2) is 67.3 Å². The first kappa shape index (κ1) is 25.2. The van der Waals surface area contributed by atoms with Gasteiger partial charge in [0.25, 0.3) is 5.91 Å². The number of benzene rings is 2. The fourth-order valence-electron chi connectivity index (χ4n) is 3.54. The summed E-state index contributed by atoms with van der Waals surface area (Å²) in [4.78, 5) is 40.2. The Balaban J connectivity index is 1.34. The van der Waals surface area contributed by atoms with E-state index in [1.165, 1.54) is 28.6 Å². The molecular formula is C22H21N5O7S2. The number of carbonyl (C=O) groups is 2. The molecule has 1 N–H and O–H groups in total. The molecule has 0 atom stereocenters. The van der Waals surface area contributed by atoms with Crippen molar-refractivity contribution in [2.75, 3.05) is 43.0 Å². The lowest BCUT2D eigenvalue weighted by Crippen LogP contribution is -2.48. The molecule has 14 heteroatoms. The Morgan fingerprint density at radius 3 is 2.47 bits per heavy atom. The summed E-state index contributed by atoms with van der Waals surface area (Å²) in [5.74, 6) is -1.63. The molecule has 0 bridgehead atoms. The topological polar surface area (TPSA) is 152 Å². The molecule has 188 valence electrons. The zero-order valence-corrected chi connectivity index (χ0v) is 20.4. The molecule has 0 spiro atoms. The molecule has 0 radical (unpaired) electrons. The van der Waals surface area contributed by atoms with Crippen LogP contribution in [-0.2, 0) is 19.6 Å². The van der Waals surface area contributed by atoms with Crippen molar-refractivity contribution in [1.29, 1.82) is 0 Å². The van der Waals surface area contributed by atoms with Crippen LogP contribution >= 0.6 is 11.3 Å². The van der Waals surface area contributed by atoms with Crippen molar-refractivity contribution in [3.05, 3.63) is 76.5 Å². The highest BCUT2D eigenvalue weighted by atomic mass is 32.2. The van der Waals surface area contributed by atoms with Gasteiger partial charge in [-0.25, -0.2) is 18.2 Å². The fraction of sp³-hybridized carbons (Fsp3) is 0.227. The number of nitrogens with one attached hydrogen (secondary N) is 1. The van der Waals surface area contributed by atoms with E-state index in [-0.39, 0.29) is 20.6 Å². The van der Waals surface area contributed by atoms with Crippen LogP contribution in [0.25, 0.3) is 0 Å². The van der Waals surface area contributed by atoms with Gasteiger partial charge >= 0.3 is 11.0 Å². The van der Waals surface area contributed by atoms with Gasteiger partial charge < -0.3 is 9.64 Å². The fourth-order valence-corrected chi connectivity index (χ4v) is 5.65. The molecule has 4 rings (SSSR count). The molecule has 12 nitrogen and oxygen atoms in total. The smallest absolute Gasteiger partial charge is 0.345 e. The Kier molecular flexibility index (Phi) is 7.57. The molecule has 2 aromatic carbocycles. The van der Waals surface area contributed by atoms with Crippen molar-refractivity contribution in [2.24, 2.45) is 0 Å². The Hall–Kier alpha value is -3.88. The third-order valence-corrected chi connectivity index (χ3v) is 8.08. The maximum atomic E-state index is 13.2. The predicted molar refractivity (Wildman–Crippen MR) is 132 cm³/mol. The quantitative estimate of drug-likeness (QED) is 0.262. The number of nitrogens with zero attached hydrogens (tertiary/aromatic N) is 4. The van der Waals surface area contributed by atoms with Crippen molar-refractivity contribution in [3.8, 4) is 0 Å². The van der Waals surface area contributed by atoms with E-state index in [9.17, 15) is 28.1 Å². The third-order valence-electron chi connectivity index (χ3n) is 5.32. The van der Waals surface area contributed by atoms with Gasteiger partial charge in [0, 0.05) is 31.9 Å². The number of esters is 1. The van der Waals surface area contributed by atoms with E-state index in [0.717, 1.165) is 11.9 Å². The van der Waals surface area contributed by atoms with Gasteiger partial charge in [-0.15, -0.1) is 0 Å². The van der Waals surface area contributed by atoms with E-state index in [4.69, 9.17) is 4.74 Å². The van der Waals surface area contributed by atoms with Crippen molar-refractivity contribution < 1.29 is 27.7 Å². The number of carbonyl (C=O) groups excluding carboxylic acids is 2. The van der Waals surface area contributed by atoms with E-state index in [0.29, 0.717) is 37.5 Å². The van der Waals surface area contributed by atoms with Crippen LogP contribution in [0.2, 0.25) is 0 Å². The summed E-state index contributed by atoms with van der Waals surface area (Å²) < 4.78 is 32.7. The number of hydrogen-bond acceptors (Lipinski definition) is 10. The van der Waals surface area contributed by atoms with E-state index in [1.54, 1.807) is 0 Å². The minimum atomic E-state index is -3.84. The highest BCUT2D eigenvalue weighted by Crippen LogP contribution is 2.25. The number of thiazole rings is 1. The number of para-hydroxylation sites is 1. The summed E-state index contributed by atoms with van der Waals surface area (Å²) in [7, 11) is -3.84. The lowest BCUT2D eigenvalue weighted by atomic mass is 10.2. The highest BCUT2D eigenvalue weighted by Gasteiger charge is 2.29. The average molecular weight is 532 g/mol. The van der Waals surface area contributed by atoms with Gasteiger partial charge in [-0.2, -0.15) is 4.31 Å². The molecular weight excluding hydrogens is 510 g/mol. The molecule has 1 saturated heterocycles. The zero-order chi connectivity index (χ0) is 25.7. The molecule has 0 aliphatic carbocycles. The number of aromatic nitrogens is 1. The molecule has 1 aliphatic heterocycles. The van der Waals surface area contributed by atoms with Crippen molar-refractivity contribution in [1.82, 2.24) is 9.29 Å². The highest BCUT2D eigenvalue weighted by molar-refractivity contribution is 7.89. The maximum absolute atomic E-state index is 13.2. The van der Waals surface area contributed by atoms with Crippen LogP contribution in [0.4, 0.5) is 15.8 Å². The largest absolute Gasteiger partial charge is 0.452 e. The Morgan fingerprint density at radius 2 is 1.81 bits per heavy atom. The second kappa shape index (κ2) is 10.8. The van der Waals surface area contributed by atoms with Gasteiger partial charge in [0.2, 0.25) is 10.0 Å². The van der Waals surface area contributed by atoms with E-state index >= 15 is 0 Å². The number of rotatable bonds is 8. The van der Waals surface area contributed by atoms with Gasteiger partial charge in [0.15, 0.2) is 11.7 Å². The Bertz CT molecular complexity index is 1370. The van der Waals surface area contributed by atoms with E-state index < -0.39 is 33.4 Å². The minimum Gasteiger partial charge on any atom is -0.452 e. The van der Waals surface area contributed by atoms with Gasteiger partial charge in [-0.3, -0.25) is 20.2 Å². The summed E-state index contributed by atoms with van der Waals surface area (Å²) >= 11 is 0.660. The number of ether oxygens (including phenoxy) is 1. The molecule has 3 aromatic rings. The standard InChI is InChI=1S/C22H21N5O7S2/c28-19(24-22-23-14-20(35-22)27(30)31)15-34-21(29)16-5-4-8-18(13-16)36(32,33)26-11-9-25(10-12-26)17-6-2-1-3-7-17/h1-8,13-14H,9-12,15H2,(H,23,24,28). The van der Waals surface area contributed by atoms with Crippen molar-refractivity contribution in [3.63, 3.8) is 0 Å². The minimum absolute atomic E-state index is 0.0109.